The normalized spacial score (nSPS) is 23.9. The number of nitrogens with zero attached hydrogens (tertiary/aromatic N) is 1. The fraction of sp³-hybridized carbons (Fsp3) is 0.351. The summed E-state index contributed by atoms with van der Waals surface area (Å²) in [6.07, 6.45) is -2.30. The highest BCUT2D eigenvalue weighted by Gasteiger charge is 2.67. The Morgan fingerprint density at radius 2 is 1.28 bits per heavy atom. The van der Waals surface area contributed by atoms with Crippen LogP contribution in [0, 0.1) is 16.0 Å². The Kier molecular flexibility index (Phi) is 11.0. The third kappa shape index (κ3) is 8.45. The number of nitro groups is 1. The highest BCUT2D eigenvalue weighted by Crippen LogP contribution is 2.52. The minimum Gasteiger partial charge on any atom is -0.374 e. The van der Waals surface area contributed by atoms with Crippen molar-refractivity contribution in [1.29, 1.82) is 0 Å². The van der Waals surface area contributed by atoms with E-state index in [2.05, 4.69) is 0 Å². The zero-order valence-corrected chi connectivity index (χ0v) is 28.0. The minimum absolute atomic E-state index is 0.0763. The lowest BCUT2D eigenvalue weighted by atomic mass is 9.85. The van der Waals surface area contributed by atoms with Crippen LogP contribution in [0.15, 0.2) is 131 Å². The van der Waals surface area contributed by atoms with Crippen LogP contribution in [0.2, 0.25) is 0 Å². The highest BCUT2D eigenvalue weighted by molar-refractivity contribution is 8.17. The first kappa shape index (κ1) is 33.7. The predicted octanol–water partition coefficient (Wildman–Crippen LogP) is 7.84. The fourth-order valence-electron chi connectivity index (χ4n) is 6.07. The summed E-state index contributed by atoms with van der Waals surface area (Å²) >= 11 is 3.17. The Morgan fingerprint density at radius 3 is 1.81 bits per heavy atom. The van der Waals surface area contributed by atoms with Crippen molar-refractivity contribution in [3.05, 3.63) is 143 Å². The smallest absolute Gasteiger partial charge is 0.211 e. The van der Waals surface area contributed by atoms with Crippen LogP contribution < -0.4 is 0 Å². The second-order valence-corrected chi connectivity index (χ2v) is 14.8. The molecular formula is C37H39NO7S2. The van der Waals surface area contributed by atoms with Gasteiger partial charge in [-0.15, -0.1) is 23.5 Å². The third-order valence-corrected chi connectivity index (χ3v) is 11.0. The first-order valence-electron chi connectivity index (χ1n) is 15.7. The van der Waals surface area contributed by atoms with Gasteiger partial charge < -0.3 is 23.7 Å². The molecule has 8 nitrogen and oxygen atoms in total. The minimum atomic E-state index is -1.24. The monoisotopic (exact) mass is 673 g/mol. The summed E-state index contributed by atoms with van der Waals surface area (Å²) < 4.78 is 32.7. The molecule has 5 atom stereocenters. The summed E-state index contributed by atoms with van der Waals surface area (Å²) in [6.45, 7) is 3.96. The lowest BCUT2D eigenvalue weighted by Crippen LogP contribution is -2.58. The first-order valence-corrected chi connectivity index (χ1v) is 17.4. The van der Waals surface area contributed by atoms with Gasteiger partial charge in [0.05, 0.1) is 30.3 Å². The number of rotatable bonds is 15. The van der Waals surface area contributed by atoms with Gasteiger partial charge in [0.15, 0.2) is 12.1 Å². The molecule has 0 N–H and O–H groups in total. The Hall–Kier alpha value is -3.22. The van der Waals surface area contributed by atoms with E-state index in [1.54, 1.807) is 23.5 Å². The standard InChI is InChI=1S/C37H39NO7S2/c1-36(2)44-33-34(45-36)43-32(37(33,42-25-28-17-9-4-10-18-28)26-41-24-27-15-7-3-8-16-27)31(23-38(39)40)35(46-29-19-11-5-12-20-29)47-30-21-13-6-14-22-30/h3-22,31-35H,23-26H2,1-2H3/t31-,32-,33+,34-,37+/m1/s1. The predicted molar refractivity (Wildman–Crippen MR) is 182 cm³/mol. The average Bonchev–Trinajstić information content (AvgIpc) is 3.54. The van der Waals surface area contributed by atoms with Gasteiger partial charge >= 0.3 is 0 Å². The van der Waals surface area contributed by atoms with Gasteiger partial charge in [-0.25, -0.2) is 0 Å². The Labute approximate surface area is 284 Å². The van der Waals surface area contributed by atoms with E-state index in [0.717, 1.165) is 20.9 Å². The lowest BCUT2D eigenvalue weighted by Gasteiger charge is -2.41. The largest absolute Gasteiger partial charge is 0.374 e. The van der Waals surface area contributed by atoms with Crippen molar-refractivity contribution in [2.75, 3.05) is 13.2 Å². The van der Waals surface area contributed by atoms with Crippen LogP contribution in [0.3, 0.4) is 0 Å². The first-order chi connectivity index (χ1) is 22.8. The van der Waals surface area contributed by atoms with Gasteiger partial charge in [0.25, 0.3) is 0 Å². The molecule has 6 rings (SSSR count). The van der Waals surface area contributed by atoms with Gasteiger partial charge in [-0.2, -0.15) is 0 Å². The molecule has 0 unspecified atom stereocenters. The van der Waals surface area contributed by atoms with Crippen LogP contribution in [0.1, 0.15) is 25.0 Å². The summed E-state index contributed by atoms with van der Waals surface area (Å²) in [6, 6.07) is 39.6. The van der Waals surface area contributed by atoms with Crippen LogP contribution in [0.5, 0.6) is 0 Å². The SMILES string of the molecule is CC1(C)O[C@H]2O[C@H]([C@@H](C[N+](=O)[O-])C(Sc3ccccc3)Sc3ccccc3)[C@](COCc3ccccc3)(OCc3ccccc3)[C@H]2O1. The molecule has 0 saturated carbocycles. The molecule has 47 heavy (non-hydrogen) atoms. The van der Waals surface area contributed by atoms with Gasteiger partial charge in [-0.3, -0.25) is 10.1 Å². The molecule has 0 aromatic heterocycles. The van der Waals surface area contributed by atoms with Gasteiger partial charge in [-0.05, 0) is 49.2 Å². The molecule has 2 saturated heterocycles. The Bertz CT molecular complexity index is 1520. The topological polar surface area (TPSA) is 89.3 Å². The van der Waals surface area contributed by atoms with Crippen LogP contribution in [-0.2, 0) is 36.9 Å². The fourth-order valence-corrected chi connectivity index (χ4v) is 8.90. The van der Waals surface area contributed by atoms with Gasteiger partial charge in [0.2, 0.25) is 6.54 Å². The molecule has 2 heterocycles. The Balaban J connectivity index is 1.41. The van der Waals surface area contributed by atoms with E-state index in [4.69, 9.17) is 23.7 Å². The van der Waals surface area contributed by atoms with Crippen LogP contribution in [-0.4, -0.2) is 52.5 Å². The van der Waals surface area contributed by atoms with Crippen molar-refractivity contribution in [3.8, 4) is 0 Å². The van der Waals surface area contributed by atoms with Crippen LogP contribution in [0.4, 0.5) is 0 Å². The third-order valence-electron chi connectivity index (χ3n) is 8.18. The second-order valence-electron chi connectivity index (χ2n) is 12.1. The van der Waals surface area contributed by atoms with E-state index in [0.29, 0.717) is 6.61 Å². The van der Waals surface area contributed by atoms with Crippen molar-refractivity contribution >= 4 is 23.5 Å². The lowest BCUT2D eigenvalue weighted by molar-refractivity contribution is -0.491. The summed E-state index contributed by atoms with van der Waals surface area (Å²) in [5.74, 6) is -1.59. The molecule has 2 fully saturated rings. The summed E-state index contributed by atoms with van der Waals surface area (Å²) in [5, 5.41) is 12.5. The van der Waals surface area contributed by atoms with E-state index in [-0.39, 0.29) is 29.3 Å². The van der Waals surface area contributed by atoms with Crippen molar-refractivity contribution in [3.63, 3.8) is 0 Å². The molecule has 0 spiro atoms. The average molecular weight is 674 g/mol. The van der Waals surface area contributed by atoms with Crippen molar-refractivity contribution in [1.82, 2.24) is 0 Å². The van der Waals surface area contributed by atoms with Crippen LogP contribution in [0.25, 0.3) is 0 Å². The molecule has 2 aliphatic heterocycles. The quantitative estimate of drug-likeness (QED) is 0.0542. The van der Waals surface area contributed by atoms with E-state index < -0.39 is 35.8 Å². The van der Waals surface area contributed by atoms with Crippen molar-refractivity contribution in [2.24, 2.45) is 5.92 Å². The number of hydrogen-bond acceptors (Lipinski definition) is 9. The molecule has 2 aliphatic rings. The number of hydrogen-bond donors (Lipinski definition) is 0. The highest BCUT2D eigenvalue weighted by atomic mass is 32.2. The van der Waals surface area contributed by atoms with E-state index in [9.17, 15) is 10.1 Å². The zero-order chi connectivity index (χ0) is 32.7. The maximum absolute atomic E-state index is 12.5. The van der Waals surface area contributed by atoms with Gasteiger partial charge in [0, 0.05) is 14.7 Å². The van der Waals surface area contributed by atoms with Gasteiger partial charge in [-0.1, -0.05) is 97.1 Å². The Morgan fingerprint density at radius 1 is 0.766 bits per heavy atom. The number of thioether (sulfide) groups is 2. The van der Waals surface area contributed by atoms with Crippen molar-refractivity contribution in [2.45, 2.75) is 71.3 Å². The second kappa shape index (κ2) is 15.3. The molecule has 4 aromatic carbocycles. The number of benzene rings is 4. The summed E-state index contributed by atoms with van der Waals surface area (Å²) in [5.41, 5.74) is 0.715. The maximum atomic E-state index is 12.5. The molecule has 0 radical (unpaired) electrons. The van der Waals surface area contributed by atoms with E-state index in [1.807, 2.05) is 135 Å². The summed E-state index contributed by atoms with van der Waals surface area (Å²) in [4.78, 5) is 14.2. The summed E-state index contributed by atoms with van der Waals surface area (Å²) in [7, 11) is 0. The maximum Gasteiger partial charge on any atom is 0.211 e. The molecule has 0 amide bonds. The molecular weight excluding hydrogens is 635 g/mol. The van der Waals surface area contributed by atoms with E-state index in [1.165, 1.54) is 0 Å². The molecule has 4 aromatic rings. The van der Waals surface area contributed by atoms with Crippen LogP contribution >= 0.6 is 23.5 Å². The van der Waals surface area contributed by atoms with Crippen molar-refractivity contribution < 1.29 is 28.6 Å². The molecule has 246 valence electrons. The van der Waals surface area contributed by atoms with Gasteiger partial charge in [0.1, 0.15) is 17.8 Å². The molecule has 10 heteroatoms. The number of fused-ring (bicyclic) bond motifs is 1. The van der Waals surface area contributed by atoms with E-state index >= 15 is 0 Å². The zero-order valence-electron chi connectivity index (χ0n) is 26.4. The number of ether oxygens (including phenoxy) is 5. The molecule has 0 bridgehead atoms. The molecule has 0 aliphatic carbocycles.